The minimum atomic E-state index is -4.20. The van der Waals surface area contributed by atoms with Crippen LogP contribution in [-0.2, 0) is 14.8 Å². The van der Waals surface area contributed by atoms with Crippen molar-refractivity contribution in [1.29, 1.82) is 0 Å². The summed E-state index contributed by atoms with van der Waals surface area (Å²) >= 11 is 0. The highest BCUT2D eigenvalue weighted by molar-refractivity contribution is 7.89. The lowest BCUT2D eigenvalue weighted by Gasteiger charge is -2.22. The first kappa shape index (κ1) is 16.5. The Kier molecular flexibility index (Phi) is 4.57. The number of amides is 1. The zero-order valence-corrected chi connectivity index (χ0v) is 13.0. The third kappa shape index (κ3) is 2.73. The fourth-order valence-electron chi connectivity index (χ4n) is 2.47. The van der Waals surface area contributed by atoms with E-state index < -0.39 is 32.7 Å². The Morgan fingerprint density at radius 2 is 1.91 bits per heavy atom. The number of methoxy groups -OCH3 is 2. The highest BCUT2D eigenvalue weighted by Gasteiger charge is 2.40. The van der Waals surface area contributed by atoms with E-state index in [2.05, 4.69) is 0 Å². The standard InChI is InChI=1S/C13H17FN2O5S/c1-20-10-6-8(14)12(7-11(10)21-2)22(18,19)16-5-3-4-9(16)13(15)17/h6-7,9H,3-5H2,1-2H3,(H2,15,17). The number of carbonyl (C=O) groups is 1. The number of hydrogen-bond acceptors (Lipinski definition) is 5. The van der Waals surface area contributed by atoms with Crippen molar-refractivity contribution in [3.63, 3.8) is 0 Å². The molecule has 122 valence electrons. The van der Waals surface area contributed by atoms with Gasteiger partial charge in [-0.2, -0.15) is 4.31 Å². The Morgan fingerprint density at radius 3 is 2.45 bits per heavy atom. The van der Waals surface area contributed by atoms with Crippen LogP contribution in [0, 0.1) is 5.82 Å². The van der Waals surface area contributed by atoms with Crippen LogP contribution in [0.4, 0.5) is 4.39 Å². The maximum atomic E-state index is 14.2. The molecule has 0 aliphatic carbocycles. The SMILES string of the molecule is COc1cc(F)c(S(=O)(=O)N2CCCC2C(N)=O)cc1OC. The molecule has 1 amide bonds. The first-order valence-corrected chi connectivity index (χ1v) is 7.99. The largest absolute Gasteiger partial charge is 0.493 e. The number of ether oxygens (including phenoxy) is 2. The predicted molar refractivity (Wildman–Crippen MR) is 75.6 cm³/mol. The smallest absolute Gasteiger partial charge is 0.246 e. The highest BCUT2D eigenvalue weighted by Crippen LogP contribution is 2.35. The predicted octanol–water partition coefficient (Wildman–Crippen LogP) is 0.481. The number of benzene rings is 1. The Balaban J connectivity index is 2.52. The molecule has 2 N–H and O–H groups in total. The number of sulfonamides is 1. The summed E-state index contributed by atoms with van der Waals surface area (Å²) in [5.41, 5.74) is 5.22. The second-order valence-electron chi connectivity index (χ2n) is 4.81. The molecule has 1 fully saturated rings. The summed E-state index contributed by atoms with van der Waals surface area (Å²) in [5, 5.41) is 0. The monoisotopic (exact) mass is 332 g/mol. The van der Waals surface area contributed by atoms with Crippen LogP contribution in [0.15, 0.2) is 17.0 Å². The molecule has 2 rings (SSSR count). The summed E-state index contributed by atoms with van der Waals surface area (Å²) in [5.74, 6) is -1.57. The van der Waals surface area contributed by atoms with Crippen LogP contribution >= 0.6 is 0 Å². The minimum Gasteiger partial charge on any atom is -0.493 e. The molecule has 1 unspecified atom stereocenters. The molecule has 7 nitrogen and oxygen atoms in total. The summed E-state index contributed by atoms with van der Waals surface area (Å²) in [6.07, 6.45) is 0.811. The molecule has 0 aromatic heterocycles. The summed E-state index contributed by atoms with van der Waals surface area (Å²) < 4.78 is 50.3. The van der Waals surface area contributed by atoms with E-state index in [1.165, 1.54) is 14.2 Å². The van der Waals surface area contributed by atoms with Crippen molar-refractivity contribution >= 4 is 15.9 Å². The number of nitrogens with two attached hydrogens (primary N) is 1. The van der Waals surface area contributed by atoms with E-state index in [1.54, 1.807) is 0 Å². The number of hydrogen-bond donors (Lipinski definition) is 1. The van der Waals surface area contributed by atoms with Gasteiger partial charge in [-0.3, -0.25) is 4.79 Å². The molecule has 1 aromatic carbocycles. The van der Waals surface area contributed by atoms with Crippen molar-refractivity contribution in [3.05, 3.63) is 17.9 Å². The van der Waals surface area contributed by atoms with Gasteiger partial charge in [0.1, 0.15) is 16.8 Å². The van der Waals surface area contributed by atoms with Gasteiger partial charge in [0, 0.05) is 18.7 Å². The molecule has 1 aromatic rings. The van der Waals surface area contributed by atoms with Crippen molar-refractivity contribution in [1.82, 2.24) is 4.31 Å². The van der Waals surface area contributed by atoms with E-state index in [0.717, 1.165) is 16.4 Å². The lowest BCUT2D eigenvalue weighted by molar-refractivity contribution is -0.121. The van der Waals surface area contributed by atoms with Crippen molar-refractivity contribution in [2.45, 2.75) is 23.8 Å². The number of primary amides is 1. The molecule has 1 aliphatic rings. The second-order valence-corrected chi connectivity index (χ2v) is 6.67. The lowest BCUT2D eigenvalue weighted by Crippen LogP contribution is -2.43. The zero-order valence-electron chi connectivity index (χ0n) is 12.2. The number of rotatable bonds is 5. The van der Waals surface area contributed by atoms with Crippen molar-refractivity contribution in [2.75, 3.05) is 20.8 Å². The van der Waals surface area contributed by atoms with Crippen LogP contribution < -0.4 is 15.2 Å². The number of nitrogens with zero attached hydrogens (tertiary/aromatic N) is 1. The van der Waals surface area contributed by atoms with Gasteiger partial charge in [-0.05, 0) is 12.8 Å². The average Bonchev–Trinajstić information content (AvgIpc) is 2.97. The van der Waals surface area contributed by atoms with Crippen molar-refractivity contribution < 1.29 is 27.1 Å². The van der Waals surface area contributed by atoms with Crippen LogP contribution in [-0.4, -0.2) is 45.4 Å². The fraction of sp³-hybridized carbons (Fsp3) is 0.462. The minimum absolute atomic E-state index is 0.0758. The summed E-state index contributed by atoms with van der Waals surface area (Å²) in [6.45, 7) is 0.115. The molecule has 0 spiro atoms. The summed E-state index contributed by atoms with van der Waals surface area (Å²) in [6, 6.07) is 1.01. The molecule has 1 aliphatic heterocycles. The van der Waals surface area contributed by atoms with Crippen LogP contribution in [0.3, 0.4) is 0 Å². The Labute approximate surface area is 127 Å². The maximum absolute atomic E-state index is 14.2. The van der Waals surface area contributed by atoms with Crippen LogP contribution in [0.25, 0.3) is 0 Å². The van der Waals surface area contributed by atoms with Gasteiger partial charge in [-0.15, -0.1) is 0 Å². The van der Waals surface area contributed by atoms with Crippen LogP contribution in [0.1, 0.15) is 12.8 Å². The van der Waals surface area contributed by atoms with E-state index in [9.17, 15) is 17.6 Å². The van der Waals surface area contributed by atoms with Crippen molar-refractivity contribution in [2.24, 2.45) is 5.73 Å². The molecule has 22 heavy (non-hydrogen) atoms. The molecule has 0 radical (unpaired) electrons. The van der Waals surface area contributed by atoms with E-state index >= 15 is 0 Å². The number of carbonyl (C=O) groups excluding carboxylic acids is 1. The van der Waals surface area contributed by atoms with Gasteiger partial charge < -0.3 is 15.2 Å². The molecule has 9 heteroatoms. The average molecular weight is 332 g/mol. The topological polar surface area (TPSA) is 98.9 Å². The highest BCUT2D eigenvalue weighted by atomic mass is 32.2. The first-order chi connectivity index (χ1) is 10.3. The first-order valence-electron chi connectivity index (χ1n) is 6.55. The summed E-state index contributed by atoms with van der Waals surface area (Å²) in [4.78, 5) is 10.8. The van der Waals surface area contributed by atoms with Crippen LogP contribution in [0.2, 0.25) is 0 Å². The summed E-state index contributed by atoms with van der Waals surface area (Å²) in [7, 11) is -1.57. The maximum Gasteiger partial charge on any atom is 0.246 e. The van der Waals surface area contributed by atoms with Gasteiger partial charge in [0.15, 0.2) is 11.5 Å². The second kappa shape index (κ2) is 6.09. The van der Waals surface area contributed by atoms with E-state index in [-0.39, 0.29) is 18.0 Å². The van der Waals surface area contributed by atoms with Gasteiger partial charge in [0.05, 0.1) is 14.2 Å². The molecular formula is C13H17FN2O5S. The van der Waals surface area contributed by atoms with Gasteiger partial charge in [0.2, 0.25) is 15.9 Å². The quantitative estimate of drug-likeness (QED) is 0.845. The van der Waals surface area contributed by atoms with Crippen molar-refractivity contribution in [3.8, 4) is 11.5 Å². The molecule has 0 bridgehead atoms. The Hall–Kier alpha value is -1.87. The van der Waals surface area contributed by atoms with Gasteiger partial charge in [-0.25, -0.2) is 12.8 Å². The van der Waals surface area contributed by atoms with Gasteiger partial charge in [0.25, 0.3) is 0 Å². The molecule has 1 saturated heterocycles. The van der Waals surface area contributed by atoms with E-state index in [0.29, 0.717) is 12.8 Å². The molecule has 0 saturated carbocycles. The zero-order chi connectivity index (χ0) is 16.5. The van der Waals surface area contributed by atoms with E-state index in [1.807, 2.05) is 0 Å². The van der Waals surface area contributed by atoms with Crippen LogP contribution in [0.5, 0.6) is 11.5 Å². The normalized spacial score (nSPS) is 19.1. The Morgan fingerprint density at radius 1 is 1.32 bits per heavy atom. The number of halogens is 1. The molecular weight excluding hydrogens is 315 g/mol. The third-order valence-electron chi connectivity index (χ3n) is 3.56. The van der Waals surface area contributed by atoms with Gasteiger partial charge >= 0.3 is 0 Å². The lowest BCUT2D eigenvalue weighted by atomic mass is 10.2. The van der Waals surface area contributed by atoms with E-state index in [4.69, 9.17) is 15.2 Å². The van der Waals surface area contributed by atoms with Gasteiger partial charge in [-0.1, -0.05) is 0 Å². The fourth-order valence-corrected chi connectivity index (χ4v) is 4.20. The third-order valence-corrected chi connectivity index (χ3v) is 5.48. The Bertz CT molecular complexity index is 692. The molecule has 1 heterocycles. The molecule has 1 atom stereocenters.